The van der Waals surface area contributed by atoms with Gasteiger partial charge in [-0.25, -0.2) is 14.6 Å². The van der Waals surface area contributed by atoms with Crippen molar-refractivity contribution in [3.05, 3.63) is 46.8 Å². The van der Waals surface area contributed by atoms with Gasteiger partial charge in [-0.15, -0.1) is 0 Å². The lowest BCUT2D eigenvalue weighted by molar-refractivity contribution is -0.136. The summed E-state index contributed by atoms with van der Waals surface area (Å²) >= 11 is 5.81. The van der Waals surface area contributed by atoms with Crippen LogP contribution in [0.3, 0.4) is 0 Å². The lowest BCUT2D eigenvalue weighted by Crippen LogP contribution is -2.38. The number of rotatable bonds is 2. The molecule has 0 spiro atoms. The summed E-state index contributed by atoms with van der Waals surface area (Å²) in [5.74, 6) is -0.476. The zero-order valence-electron chi connectivity index (χ0n) is 11.9. The number of carbonyl (C=O) groups is 2. The molecular weight excluding hydrogens is 308 g/mol. The third-order valence-electron chi connectivity index (χ3n) is 3.79. The Morgan fingerprint density at radius 3 is 2.50 bits per heavy atom. The number of hydrogen-bond acceptors (Lipinski definition) is 5. The van der Waals surface area contributed by atoms with Gasteiger partial charge in [-0.1, -0.05) is 23.8 Å². The Morgan fingerprint density at radius 1 is 1.18 bits per heavy atom. The fourth-order valence-corrected chi connectivity index (χ4v) is 3.00. The van der Waals surface area contributed by atoms with E-state index in [2.05, 4.69) is 4.98 Å². The predicted octanol–water partition coefficient (Wildman–Crippen LogP) is 2.05. The minimum absolute atomic E-state index is 0.354. The summed E-state index contributed by atoms with van der Waals surface area (Å²) in [6.45, 7) is 0. The van der Waals surface area contributed by atoms with Crippen LogP contribution in [-0.4, -0.2) is 48.2 Å². The Kier molecular flexibility index (Phi) is 3.62. The molecule has 2 aliphatic rings. The highest BCUT2D eigenvalue weighted by Crippen LogP contribution is 2.43. The fourth-order valence-electron chi connectivity index (χ4n) is 2.89. The highest BCUT2D eigenvalue weighted by atomic mass is 35.5. The summed E-state index contributed by atoms with van der Waals surface area (Å²) in [6.07, 6.45) is 4.72. The Hall–Kier alpha value is -2.34. The molecule has 3 heterocycles. The van der Waals surface area contributed by atoms with E-state index >= 15 is 0 Å². The van der Waals surface area contributed by atoms with Crippen LogP contribution in [0.1, 0.15) is 5.56 Å². The molecule has 22 heavy (non-hydrogen) atoms. The van der Waals surface area contributed by atoms with Crippen LogP contribution in [0, 0.1) is 0 Å². The lowest BCUT2D eigenvalue weighted by Gasteiger charge is -2.22. The molecule has 0 aromatic carbocycles. The molecule has 2 unspecified atom stereocenters. The van der Waals surface area contributed by atoms with Crippen LogP contribution >= 0.6 is 11.6 Å². The first-order chi connectivity index (χ1) is 10.6. The molecule has 6 nitrogen and oxygen atoms in total. The zero-order chi connectivity index (χ0) is 15.9. The van der Waals surface area contributed by atoms with Crippen molar-refractivity contribution in [3.63, 3.8) is 0 Å². The van der Waals surface area contributed by atoms with Gasteiger partial charge >= 0.3 is 12.1 Å². The van der Waals surface area contributed by atoms with E-state index in [1.165, 1.54) is 19.1 Å². The fraction of sp³-hybridized carbons (Fsp3) is 0.267. The van der Waals surface area contributed by atoms with Gasteiger partial charge in [0.2, 0.25) is 0 Å². The van der Waals surface area contributed by atoms with Crippen molar-refractivity contribution in [2.75, 3.05) is 14.2 Å². The molecule has 1 aromatic heterocycles. The quantitative estimate of drug-likeness (QED) is 0.474. The van der Waals surface area contributed by atoms with Gasteiger partial charge in [-0.3, -0.25) is 4.90 Å². The molecule has 1 aromatic rings. The third-order valence-corrected chi connectivity index (χ3v) is 4.01. The minimum atomic E-state index is -0.502. The molecule has 0 aliphatic carbocycles. The monoisotopic (exact) mass is 320 g/mol. The number of esters is 1. The molecule has 0 N–H and O–H groups in total. The molecule has 2 aliphatic heterocycles. The maximum Gasteiger partial charge on any atom is 0.411 e. The van der Waals surface area contributed by atoms with E-state index in [-0.39, 0.29) is 6.04 Å². The largest absolute Gasteiger partial charge is 0.466 e. The number of aromatic nitrogens is 1. The number of carbonyl (C=O) groups excluding carboxylic acids is 2. The van der Waals surface area contributed by atoms with E-state index in [1.54, 1.807) is 24.4 Å². The summed E-state index contributed by atoms with van der Waals surface area (Å²) < 4.78 is 9.68. The molecule has 2 atom stereocenters. The van der Waals surface area contributed by atoms with Gasteiger partial charge in [0.15, 0.2) is 0 Å². The molecule has 0 radical (unpaired) electrons. The zero-order valence-corrected chi connectivity index (χ0v) is 12.7. The van der Waals surface area contributed by atoms with E-state index in [4.69, 9.17) is 21.1 Å². The van der Waals surface area contributed by atoms with Crippen LogP contribution in [0.2, 0.25) is 5.15 Å². The van der Waals surface area contributed by atoms with Crippen molar-refractivity contribution in [3.8, 4) is 0 Å². The van der Waals surface area contributed by atoms with Crippen LogP contribution in [0.25, 0.3) is 5.57 Å². The molecule has 0 saturated heterocycles. The van der Waals surface area contributed by atoms with E-state index in [9.17, 15) is 9.59 Å². The predicted molar refractivity (Wildman–Crippen MR) is 79.1 cm³/mol. The minimum Gasteiger partial charge on any atom is -0.466 e. The topological polar surface area (TPSA) is 68.7 Å². The van der Waals surface area contributed by atoms with Crippen molar-refractivity contribution >= 4 is 29.2 Å². The number of ether oxygens (including phenoxy) is 2. The molecule has 0 fully saturated rings. The van der Waals surface area contributed by atoms with Crippen molar-refractivity contribution < 1.29 is 19.1 Å². The molecule has 0 saturated carbocycles. The van der Waals surface area contributed by atoms with Gasteiger partial charge in [0.25, 0.3) is 0 Å². The van der Waals surface area contributed by atoms with Gasteiger partial charge in [-0.05, 0) is 17.7 Å². The highest BCUT2D eigenvalue weighted by Gasteiger charge is 2.48. The average Bonchev–Trinajstić information content (AvgIpc) is 3.10. The van der Waals surface area contributed by atoms with E-state index in [0.29, 0.717) is 16.3 Å². The van der Waals surface area contributed by atoms with Crippen molar-refractivity contribution in [1.29, 1.82) is 0 Å². The Labute approximate surface area is 132 Å². The number of hydrogen-bond donors (Lipinski definition) is 0. The molecule has 7 heteroatoms. The van der Waals surface area contributed by atoms with Gasteiger partial charge in [0, 0.05) is 11.8 Å². The normalized spacial score (nSPS) is 22.2. The van der Waals surface area contributed by atoms with E-state index in [0.717, 1.165) is 5.56 Å². The average molecular weight is 321 g/mol. The smallest absolute Gasteiger partial charge is 0.411 e. The molecule has 114 valence electrons. The van der Waals surface area contributed by atoms with Crippen molar-refractivity contribution in [2.45, 2.75) is 12.1 Å². The number of nitrogens with zero attached hydrogens (tertiary/aromatic N) is 2. The standard InChI is InChI=1S/C15H13ClN2O4/c1-21-14(19)13-10-5-4-9(18(10)15(20)22-2)12(13)8-3-6-11(16)17-7-8/h3-7,9-10H,1-2H3. The Morgan fingerprint density at radius 2 is 1.91 bits per heavy atom. The van der Waals surface area contributed by atoms with Crippen LogP contribution in [-0.2, 0) is 14.3 Å². The number of methoxy groups -OCH3 is 2. The lowest BCUT2D eigenvalue weighted by atomic mass is 9.92. The number of amides is 1. The highest BCUT2D eigenvalue weighted by molar-refractivity contribution is 6.29. The van der Waals surface area contributed by atoms with Crippen LogP contribution < -0.4 is 0 Å². The van der Waals surface area contributed by atoms with Crippen molar-refractivity contribution in [2.24, 2.45) is 0 Å². The maximum absolute atomic E-state index is 12.2. The van der Waals surface area contributed by atoms with Crippen LogP contribution in [0.5, 0.6) is 0 Å². The molecule has 3 rings (SSSR count). The summed E-state index contributed by atoms with van der Waals surface area (Å²) in [5, 5.41) is 0.354. The summed E-state index contributed by atoms with van der Waals surface area (Å²) in [6, 6.07) is 2.53. The molecule has 2 bridgehead atoms. The first-order valence-corrected chi connectivity index (χ1v) is 6.95. The van der Waals surface area contributed by atoms with Crippen molar-refractivity contribution in [1.82, 2.24) is 9.88 Å². The third kappa shape index (κ3) is 2.07. The summed E-state index contributed by atoms with van der Waals surface area (Å²) in [7, 11) is 2.62. The van der Waals surface area contributed by atoms with Gasteiger partial charge in [0.1, 0.15) is 5.15 Å². The number of halogens is 1. The summed E-state index contributed by atoms with van der Waals surface area (Å²) in [4.78, 5) is 29.7. The maximum atomic E-state index is 12.2. The first kappa shape index (κ1) is 14.6. The van der Waals surface area contributed by atoms with Gasteiger partial charge < -0.3 is 9.47 Å². The number of pyridine rings is 1. The Bertz CT molecular complexity index is 696. The van der Waals surface area contributed by atoms with Gasteiger partial charge in [-0.2, -0.15) is 0 Å². The van der Waals surface area contributed by atoms with Crippen LogP contribution in [0.4, 0.5) is 4.79 Å². The van der Waals surface area contributed by atoms with E-state index < -0.39 is 18.1 Å². The second-order valence-electron chi connectivity index (χ2n) is 4.84. The van der Waals surface area contributed by atoms with E-state index in [1.807, 2.05) is 6.08 Å². The molecular formula is C15H13ClN2O4. The Balaban J connectivity index is 2.10. The SMILES string of the molecule is COC(=O)C1=C(c2ccc(Cl)nc2)C2C=CC1N2C(=O)OC. The molecule has 1 amide bonds. The first-order valence-electron chi connectivity index (χ1n) is 6.57. The second kappa shape index (κ2) is 5.46. The summed E-state index contributed by atoms with van der Waals surface area (Å²) in [5.41, 5.74) is 1.83. The van der Waals surface area contributed by atoms with Crippen LogP contribution in [0.15, 0.2) is 36.1 Å². The number of fused-ring (bicyclic) bond motifs is 2. The van der Waals surface area contributed by atoms with Gasteiger partial charge in [0.05, 0.1) is 31.9 Å². The second-order valence-corrected chi connectivity index (χ2v) is 5.23.